The number of likely N-dealkylation sites (tertiary alicyclic amines) is 1. The van der Waals surface area contributed by atoms with Gasteiger partial charge in [0, 0.05) is 18.5 Å². The molecule has 1 atom stereocenters. The first-order valence-corrected chi connectivity index (χ1v) is 7.46. The first kappa shape index (κ1) is 13.0. The molecule has 1 saturated heterocycles. The Balaban J connectivity index is 1.86. The average Bonchev–Trinajstić information content (AvgIpc) is 2.63. The minimum Gasteiger partial charge on any atom is -0.314 e. The van der Waals surface area contributed by atoms with E-state index in [1.54, 1.807) is 11.3 Å². The van der Waals surface area contributed by atoms with Gasteiger partial charge in [-0.25, -0.2) is 4.98 Å². The molecule has 0 bridgehead atoms. The Labute approximate surface area is 108 Å². The number of thiazole rings is 1. The molecule has 0 aliphatic carbocycles. The van der Waals surface area contributed by atoms with Gasteiger partial charge in [0.25, 0.3) is 0 Å². The lowest BCUT2D eigenvalue weighted by molar-refractivity contribution is 0.271. The number of hydrogen-bond acceptors (Lipinski definition) is 4. The quantitative estimate of drug-likeness (QED) is 0.893. The van der Waals surface area contributed by atoms with Crippen LogP contribution in [0.25, 0.3) is 0 Å². The Morgan fingerprint density at radius 2 is 2.35 bits per heavy atom. The van der Waals surface area contributed by atoms with Crippen LogP contribution in [-0.2, 0) is 13.1 Å². The zero-order valence-electron chi connectivity index (χ0n) is 10.9. The maximum Gasteiger partial charge on any atom is 0.107 e. The number of rotatable bonds is 4. The summed E-state index contributed by atoms with van der Waals surface area (Å²) in [5.74, 6) is 0.898. The summed E-state index contributed by atoms with van der Waals surface area (Å²) in [7, 11) is 1.97. The van der Waals surface area contributed by atoms with Crippen LogP contribution in [0, 0.1) is 5.92 Å². The van der Waals surface area contributed by atoms with Crippen LogP contribution < -0.4 is 5.32 Å². The van der Waals surface area contributed by atoms with Crippen LogP contribution in [0.5, 0.6) is 0 Å². The highest BCUT2D eigenvalue weighted by molar-refractivity contribution is 7.09. The van der Waals surface area contributed by atoms with E-state index in [0.29, 0.717) is 0 Å². The van der Waals surface area contributed by atoms with E-state index in [9.17, 15) is 0 Å². The van der Waals surface area contributed by atoms with Crippen LogP contribution in [0.1, 0.15) is 36.9 Å². The highest BCUT2D eigenvalue weighted by Crippen LogP contribution is 2.19. The Hall–Kier alpha value is -0.450. The molecule has 2 heterocycles. The summed E-state index contributed by atoms with van der Waals surface area (Å²) in [5.41, 5.74) is 1.25. The van der Waals surface area contributed by atoms with Crippen molar-refractivity contribution in [2.75, 3.05) is 20.1 Å². The van der Waals surface area contributed by atoms with Crippen molar-refractivity contribution in [1.29, 1.82) is 0 Å². The smallest absolute Gasteiger partial charge is 0.107 e. The molecular formula is C13H23N3S. The van der Waals surface area contributed by atoms with E-state index in [0.717, 1.165) is 19.0 Å². The monoisotopic (exact) mass is 253 g/mol. The molecule has 96 valence electrons. The van der Waals surface area contributed by atoms with Gasteiger partial charge in [-0.15, -0.1) is 11.3 Å². The standard InChI is InChI=1S/C13H23N3S/c1-11-4-3-6-16(7-5-11)9-12-10-17-13(15-12)8-14-2/h10-11,14H,3-9H2,1-2H3. The third kappa shape index (κ3) is 4.05. The predicted octanol–water partition coefficient (Wildman–Crippen LogP) is 2.48. The van der Waals surface area contributed by atoms with Crippen LogP contribution in [0.3, 0.4) is 0 Å². The van der Waals surface area contributed by atoms with Crippen LogP contribution in [0.4, 0.5) is 0 Å². The van der Waals surface area contributed by atoms with Gasteiger partial charge in [-0.05, 0) is 45.3 Å². The fourth-order valence-corrected chi connectivity index (χ4v) is 3.16. The summed E-state index contributed by atoms with van der Waals surface area (Å²) >= 11 is 1.77. The van der Waals surface area contributed by atoms with E-state index >= 15 is 0 Å². The number of nitrogens with zero attached hydrogens (tertiary/aromatic N) is 2. The Bertz CT molecular complexity index is 337. The third-order valence-corrected chi connectivity index (χ3v) is 4.32. The van der Waals surface area contributed by atoms with Gasteiger partial charge in [0.05, 0.1) is 5.69 Å². The van der Waals surface area contributed by atoms with Gasteiger partial charge in [-0.2, -0.15) is 0 Å². The molecule has 2 rings (SSSR count). The van der Waals surface area contributed by atoms with Crippen molar-refractivity contribution < 1.29 is 0 Å². The molecule has 0 radical (unpaired) electrons. The van der Waals surface area contributed by atoms with Crippen molar-refractivity contribution in [3.63, 3.8) is 0 Å². The van der Waals surface area contributed by atoms with Crippen molar-refractivity contribution in [3.8, 4) is 0 Å². The summed E-state index contributed by atoms with van der Waals surface area (Å²) in [6, 6.07) is 0. The molecular weight excluding hydrogens is 230 g/mol. The molecule has 1 aliphatic rings. The lowest BCUT2D eigenvalue weighted by Crippen LogP contribution is -2.24. The van der Waals surface area contributed by atoms with E-state index in [1.165, 1.54) is 43.1 Å². The predicted molar refractivity (Wildman–Crippen MR) is 73.2 cm³/mol. The molecule has 1 fully saturated rings. The second-order valence-electron chi connectivity index (χ2n) is 5.08. The van der Waals surface area contributed by atoms with E-state index in [2.05, 4.69) is 27.5 Å². The highest BCUT2D eigenvalue weighted by atomic mass is 32.1. The third-order valence-electron chi connectivity index (χ3n) is 3.42. The van der Waals surface area contributed by atoms with Gasteiger partial charge in [0.1, 0.15) is 5.01 Å². The zero-order valence-corrected chi connectivity index (χ0v) is 11.7. The minimum atomic E-state index is 0.891. The molecule has 1 aromatic rings. The van der Waals surface area contributed by atoms with Gasteiger partial charge < -0.3 is 5.32 Å². The first-order valence-electron chi connectivity index (χ1n) is 6.58. The van der Waals surface area contributed by atoms with Crippen molar-refractivity contribution in [2.24, 2.45) is 5.92 Å². The number of aromatic nitrogens is 1. The summed E-state index contributed by atoms with van der Waals surface area (Å²) in [5, 5.41) is 6.56. The van der Waals surface area contributed by atoms with Crippen molar-refractivity contribution in [1.82, 2.24) is 15.2 Å². The molecule has 1 unspecified atom stereocenters. The topological polar surface area (TPSA) is 28.2 Å². The Kier molecular flexibility index (Phi) is 4.95. The molecule has 0 amide bonds. The Morgan fingerprint density at radius 3 is 3.18 bits per heavy atom. The molecule has 3 nitrogen and oxygen atoms in total. The van der Waals surface area contributed by atoms with Crippen LogP contribution >= 0.6 is 11.3 Å². The molecule has 0 aromatic carbocycles. The fourth-order valence-electron chi connectivity index (χ4n) is 2.36. The maximum atomic E-state index is 4.66. The van der Waals surface area contributed by atoms with E-state index < -0.39 is 0 Å². The van der Waals surface area contributed by atoms with Crippen LogP contribution in [0.15, 0.2) is 5.38 Å². The van der Waals surface area contributed by atoms with E-state index in [4.69, 9.17) is 0 Å². The van der Waals surface area contributed by atoms with Gasteiger partial charge in [0.15, 0.2) is 0 Å². The zero-order chi connectivity index (χ0) is 12.1. The molecule has 1 aromatic heterocycles. The molecule has 17 heavy (non-hydrogen) atoms. The Morgan fingerprint density at radius 1 is 1.47 bits per heavy atom. The SMILES string of the molecule is CNCc1nc(CN2CCCC(C)CC2)cs1. The largest absolute Gasteiger partial charge is 0.314 e. The number of hydrogen-bond donors (Lipinski definition) is 1. The van der Waals surface area contributed by atoms with E-state index in [1.807, 2.05) is 7.05 Å². The second-order valence-corrected chi connectivity index (χ2v) is 6.02. The van der Waals surface area contributed by atoms with Crippen LogP contribution in [-0.4, -0.2) is 30.0 Å². The van der Waals surface area contributed by atoms with Gasteiger partial charge in [-0.1, -0.05) is 6.92 Å². The minimum absolute atomic E-state index is 0.891. The fraction of sp³-hybridized carbons (Fsp3) is 0.769. The summed E-state index contributed by atoms with van der Waals surface area (Å²) in [6.45, 7) is 6.77. The summed E-state index contributed by atoms with van der Waals surface area (Å²) < 4.78 is 0. The first-order chi connectivity index (χ1) is 8.28. The lowest BCUT2D eigenvalue weighted by Gasteiger charge is -2.18. The van der Waals surface area contributed by atoms with Crippen molar-refractivity contribution >= 4 is 11.3 Å². The summed E-state index contributed by atoms with van der Waals surface area (Å²) in [4.78, 5) is 7.22. The molecule has 0 spiro atoms. The molecule has 1 aliphatic heterocycles. The lowest BCUT2D eigenvalue weighted by atomic mass is 10.0. The summed E-state index contributed by atoms with van der Waals surface area (Å²) in [6.07, 6.45) is 4.07. The van der Waals surface area contributed by atoms with Gasteiger partial charge >= 0.3 is 0 Å². The van der Waals surface area contributed by atoms with Gasteiger partial charge in [0.2, 0.25) is 0 Å². The molecule has 4 heteroatoms. The molecule has 1 N–H and O–H groups in total. The van der Waals surface area contributed by atoms with Crippen molar-refractivity contribution in [2.45, 2.75) is 39.3 Å². The second kappa shape index (κ2) is 6.47. The van der Waals surface area contributed by atoms with E-state index in [-0.39, 0.29) is 0 Å². The number of nitrogens with one attached hydrogen (secondary N) is 1. The average molecular weight is 253 g/mol. The van der Waals surface area contributed by atoms with Gasteiger partial charge in [-0.3, -0.25) is 4.90 Å². The molecule has 0 saturated carbocycles. The highest BCUT2D eigenvalue weighted by Gasteiger charge is 2.14. The van der Waals surface area contributed by atoms with Crippen molar-refractivity contribution in [3.05, 3.63) is 16.1 Å². The van der Waals surface area contributed by atoms with Crippen LogP contribution in [0.2, 0.25) is 0 Å². The normalized spacial score (nSPS) is 22.6. The maximum absolute atomic E-state index is 4.66.